The van der Waals surface area contributed by atoms with Crippen molar-refractivity contribution in [3.8, 4) is 5.75 Å². The van der Waals surface area contributed by atoms with Gasteiger partial charge in [-0.1, -0.05) is 56.2 Å². The van der Waals surface area contributed by atoms with Crippen molar-refractivity contribution in [2.75, 3.05) is 0 Å². The van der Waals surface area contributed by atoms with E-state index in [0.717, 1.165) is 45.8 Å². The third-order valence-electron chi connectivity index (χ3n) is 5.28. The standard InChI is InChI=1S/C25H26BO3/c1-6-18(7-2)23-14-16(4)20-12-15(3)13-21(24(20)29-23)17(5)26-22-11-9-8-10-19(22)25(27)28/h6,8-14,17H,4,7H2,1-3,5H3,(H,27,28)/b18-6+. The number of rotatable bonds is 6. The number of ether oxygens (including phenoxy) is 1. The first-order chi connectivity index (χ1) is 13.8. The smallest absolute Gasteiger partial charge is 0.335 e. The van der Waals surface area contributed by atoms with E-state index in [0.29, 0.717) is 11.0 Å². The highest BCUT2D eigenvalue weighted by atomic mass is 16.5. The van der Waals surface area contributed by atoms with Gasteiger partial charge in [-0.15, -0.1) is 0 Å². The molecule has 0 spiro atoms. The predicted octanol–water partition coefficient (Wildman–Crippen LogP) is 5.43. The van der Waals surface area contributed by atoms with Crippen LogP contribution >= 0.6 is 0 Å². The molecule has 0 aliphatic carbocycles. The molecule has 0 fully saturated rings. The van der Waals surface area contributed by atoms with E-state index in [-0.39, 0.29) is 5.82 Å². The van der Waals surface area contributed by atoms with E-state index in [1.807, 2.05) is 32.4 Å². The normalized spacial score (nSPS) is 14.6. The molecular formula is C25H26BO3. The maximum atomic E-state index is 11.6. The average molecular weight is 385 g/mol. The number of benzene rings is 2. The first-order valence-corrected chi connectivity index (χ1v) is 9.91. The van der Waals surface area contributed by atoms with E-state index in [2.05, 4.69) is 45.6 Å². The fourth-order valence-corrected chi connectivity index (χ4v) is 3.74. The Morgan fingerprint density at radius 1 is 1.31 bits per heavy atom. The molecule has 2 aromatic carbocycles. The van der Waals surface area contributed by atoms with Crippen LogP contribution in [0.1, 0.15) is 60.1 Å². The second-order valence-electron chi connectivity index (χ2n) is 7.38. The Bertz CT molecular complexity index is 1030. The van der Waals surface area contributed by atoms with Crippen LogP contribution in [0.5, 0.6) is 5.75 Å². The lowest BCUT2D eigenvalue weighted by Gasteiger charge is -2.26. The molecule has 1 aliphatic heterocycles. The van der Waals surface area contributed by atoms with Crippen molar-refractivity contribution >= 4 is 24.3 Å². The van der Waals surface area contributed by atoms with Crippen molar-refractivity contribution in [3.63, 3.8) is 0 Å². The molecule has 1 heterocycles. The quantitative estimate of drug-likeness (QED) is 0.675. The van der Waals surface area contributed by atoms with Crippen molar-refractivity contribution in [2.45, 2.75) is 39.9 Å². The summed E-state index contributed by atoms with van der Waals surface area (Å²) in [5.41, 5.74) is 6.20. The Kier molecular flexibility index (Phi) is 6.12. The fraction of sp³-hybridized carbons (Fsp3) is 0.240. The molecule has 0 saturated heterocycles. The van der Waals surface area contributed by atoms with Crippen molar-refractivity contribution in [2.24, 2.45) is 0 Å². The lowest BCUT2D eigenvalue weighted by molar-refractivity contribution is 0.0698. The lowest BCUT2D eigenvalue weighted by atomic mass is 9.56. The Labute approximate surface area is 173 Å². The highest BCUT2D eigenvalue weighted by Crippen LogP contribution is 2.41. The van der Waals surface area contributed by atoms with Crippen LogP contribution in [0.3, 0.4) is 0 Å². The van der Waals surface area contributed by atoms with Gasteiger partial charge in [0.05, 0.1) is 5.56 Å². The average Bonchev–Trinajstić information content (AvgIpc) is 2.69. The van der Waals surface area contributed by atoms with Crippen LogP contribution < -0.4 is 10.2 Å². The van der Waals surface area contributed by atoms with E-state index in [1.54, 1.807) is 12.1 Å². The third-order valence-corrected chi connectivity index (χ3v) is 5.28. The van der Waals surface area contributed by atoms with Gasteiger partial charge in [0, 0.05) is 5.56 Å². The molecule has 3 nitrogen and oxygen atoms in total. The summed E-state index contributed by atoms with van der Waals surface area (Å²) in [5, 5.41) is 9.50. The van der Waals surface area contributed by atoms with Gasteiger partial charge in [-0.25, -0.2) is 4.79 Å². The first-order valence-electron chi connectivity index (χ1n) is 9.91. The number of carboxylic acids is 1. The van der Waals surface area contributed by atoms with Gasteiger partial charge in [-0.2, -0.15) is 0 Å². The Hall–Kier alpha value is -3.01. The highest BCUT2D eigenvalue weighted by molar-refractivity contribution is 6.56. The molecule has 0 amide bonds. The Balaban J connectivity index is 2.03. The van der Waals surface area contributed by atoms with Crippen LogP contribution in [0.2, 0.25) is 0 Å². The fourth-order valence-electron chi connectivity index (χ4n) is 3.74. The van der Waals surface area contributed by atoms with E-state index in [9.17, 15) is 9.90 Å². The summed E-state index contributed by atoms with van der Waals surface area (Å²) in [5.74, 6) is 0.677. The van der Waals surface area contributed by atoms with Crippen molar-refractivity contribution in [1.29, 1.82) is 0 Å². The molecule has 1 atom stereocenters. The Morgan fingerprint density at radius 3 is 2.69 bits per heavy atom. The topological polar surface area (TPSA) is 46.5 Å². The summed E-state index contributed by atoms with van der Waals surface area (Å²) >= 11 is 0. The molecule has 1 aliphatic rings. The van der Waals surface area contributed by atoms with Crippen LogP contribution in [0, 0.1) is 6.92 Å². The number of aryl methyl sites for hydroxylation is 1. The summed E-state index contributed by atoms with van der Waals surface area (Å²) in [4.78, 5) is 11.6. The minimum atomic E-state index is -0.925. The number of hydrogen-bond acceptors (Lipinski definition) is 2. The van der Waals surface area contributed by atoms with E-state index >= 15 is 0 Å². The zero-order valence-electron chi connectivity index (χ0n) is 17.5. The summed E-state index contributed by atoms with van der Waals surface area (Å²) in [6.45, 7) is 12.5. The number of allylic oxidation sites excluding steroid dienone is 4. The van der Waals surface area contributed by atoms with Crippen molar-refractivity contribution in [3.05, 3.63) is 88.7 Å². The molecule has 147 valence electrons. The van der Waals surface area contributed by atoms with Gasteiger partial charge in [0.15, 0.2) is 7.28 Å². The second-order valence-corrected chi connectivity index (χ2v) is 7.38. The van der Waals surface area contributed by atoms with Crippen LogP contribution in [-0.2, 0) is 0 Å². The number of aromatic carboxylic acids is 1. The van der Waals surface area contributed by atoms with Gasteiger partial charge >= 0.3 is 5.97 Å². The molecule has 0 aromatic heterocycles. The van der Waals surface area contributed by atoms with Crippen LogP contribution in [0.4, 0.5) is 0 Å². The zero-order valence-corrected chi connectivity index (χ0v) is 17.5. The van der Waals surface area contributed by atoms with Gasteiger partial charge in [0.2, 0.25) is 0 Å². The monoisotopic (exact) mass is 385 g/mol. The SMILES string of the molecule is C=C1C=C(/C(=C/C)CC)Oc2c1cc(C)cc2C(C)[B]c1ccccc1C(=O)O. The molecule has 3 rings (SSSR count). The van der Waals surface area contributed by atoms with Crippen LogP contribution in [0.15, 0.2) is 66.5 Å². The molecule has 1 unspecified atom stereocenters. The number of fused-ring (bicyclic) bond motifs is 1. The van der Waals surface area contributed by atoms with E-state index < -0.39 is 5.97 Å². The molecule has 1 N–H and O–H groups in total. The number of carbonyl (C=O) groups is 1. The minimum Gasteiger partial charge on any atom is -0.478 e. The van der Waals surface area contributed by atoms with Crippen LogP contribution in [0.25, 0.3) is 5.57 Å². The summed E-state index contributed by atoms with van der Waals surface area (Å²) in [6.07, 6.45) is 4.94. The third kappa shape index (κ3) is 4.22. The van der Waals surface area contributed by atoms with Gasteiger partial charge in [0.25, 0.3) is 0 Å². The number of carboxylic acid groups (broad SMARTS) is 1. The van der Waals surface area contributed by atoms with Crippen LogP contribution in [-0.4, -0.2) is 18.4 Å². The maximum absolute atomic E-state index is 11.6. The van der Waals surface area contributed by atoms with Gasteiger partial charge < -0.3 is 9.84 Å². The van der Waals surface area contributed by atoms with Gasteiger partial charge in [-0.05, 0) is 66.6 Å². The largest absolute Gasteiger partial charge is 0.478 e. The molecule has 4 heteroatoms. The summed E-state index contributed by atoms with van der Waals surface area (Å²) in [6, 6.07) is 11.3. The molecular weight excluding hydrogens is 359 g/mol. The second kappa shape index (κ2) is 8.56. The van der Waals surface area contributed by atoms with Crippen molar-refractivity contribution < 1.29 is 14.6 Å². The maximum Gasteiger partial charge on any atom is 0.335 e. The van der Waals surface area contributed by atoms with E-state index in [1.165, 1.54) is 0 Å². The van der Waals surface area contributed by atoms with E-state index in [4.69, 9.17) is 4.74 Å². The molecule has 29 heavy (non-hydrogen) atoms. The Morgan fingerprint density at radius 2 is 2.03 bits per heavy atom. The molecule has 0 bridgehead atoms. The number of hydrogen-bond donors (Lipinski definition) is 1. The summed E-state index contributed by atoms with van der Waals surface area (Å²) < 4.78 is 6.36. The predicted molar refractivity (Wildman–Crippen MR) is 120 cm³/mol. The van der Waals surface area contributed by atoms with Crippen molar-refractivity contribution in [1.82, 2.24) is 0 Å². The highest BCUT2D eigenvalue weighted by Gasteiger charge is 2.25. The molecule has 0 saturated carbocycles. The van der Waals surface area contributed by atoms with Gasteiger partial charge in [0.1, 0.15) is 11.5 Å². The minimum absolute atomic E-state index is 0.0352. The lowest BCUT2D eigenvalue weighted by Crippen LogP contribution is -2.27. The van der Waals surface area contributed by atoms with Gasteiger partial charge in [-0.3, -0.25) is 0 Å². The first kappa shape index (κ1) is 20.7. The summed E-state index contributed by atoms with van der Waals surface area (Å²) in [7, 11) is 1.99. The molecule has 2 aromatic rings. The molecule has 1 radical (unpaired) electrons. The zero-order chi connectivity index (χ0) is 21.1.